The number of alkyl halides is 1. The zero-order valence-corrected chi connectivity index (χ0v) is 16.7. The molecule has 0 heterocycles. The molecular weight excluding hydrogens is 406 g/mol. The number of esters is 2. The van der Waals surface area contributed by atoms with Crippen molar-refractivity contribution in [2.75, 3.05) is 18.4 Å². The summed E-state index contributed by atoms with van der Waals surface area (Å²) < 4.78 is 10.5. The number of benzene rings is 1. The number of hydrogen-bond acceptors (Lipinski definition) is 6. The molecule has 1 N–H and O–H groups in total. The van der Waals surface area contributed by atoms with E-state index in [4.69, 9.17) is 14.6 Å². The summed E-state index contributed by atoms with van der Waals surface area (Å²) in [6.07, 6.45) is 0. The van der Waals surface area contributed by atoms with Crippen LogP contribution in [0.2, 0.25) is 0 Å². The quantitative estimate of drug-likeness (QED) is 0.474. The van der Waals surface area contributed by atoms with Gasteiger partial charge in [-0.15, -0.1) is 0 Å². The molecule has 1 atom stereocenters. The second kappa shape index (κ2) is 10.3. The van der Waals surface area contributed by atoms with Crippen LogP contribution in [0, 0.1) is 0 Å². The first kappa shape index (κ1) is 22.1. The van der Waals surface area contributed by atoms with E-state index in [0.717, 1.165) is 5.56 Å². The zero-order valence-electron chi connectivity index (χ0n) is 15.1. The Bertz CT molecular complexity index is 614. The topological polar surface area (TPSA) is 93.1 Å². The Morgan fingerprint density at radius 1 is 1.15 bits per heavy atom. The fraction of sp³-hybridized carbons (Fsp3) is 0.500. The lowest BCUT2D eigenvalue weighted by Gasteiger charge is -2.28. The Balaban J connectivity index is 2.78. The first-order valence-corrected chi connectivity index (χ1v) is 9.18. The lowest BCUT2D eigenvalue weighted by Crippen LogP contribution is -2.49. The summed E-state index contributed by atoms with van der Waals surface area (Å²) >= 11 is 3.20. The van der Waals surface area contributed by atoms with Crippen LogP contribution in [0.15, 0.2) is 30.3 Å². The number of halogens is 1. The van der Waals surface area contributed by atoms with E-state index in [2.05, 4.69) is 15.9 Å². The van der Waals surface area contributed by atoms with Crippen molar-refractivity contribution >= 4 is 33.8 Å². The molecule has 144 valence electrons. The van der Waals surface area contributed by atoms with E-state index in [-0.39, 0.29) is 18.5 Å². The van der Waals surface area contributed by atoms with E-state index in [1.54, 1.807) is 20.8 Å². The number of carboxylic acid groups (broad SMARTS) is 1. The van der Waals surface area contributed by atoms with Gasteiger partial charge < -0.3 is 14.6 Å². The summed E-state index contributed by atoms with van der Waals surface area (Å²) in [7, 11) is 0. The molecule has 0 spiro atoms. The number of carboxylic acids is 1. The van der Waals surface area contributed by atoms with Crippen molar-refractivity contribution < 1.29 is 29.0 Å². The maximum Gasteiger partial charge on any atom is 0.324 e. The van der Waals surface area contributed by atoms with Crippen LogP contribution in [0.1, 0.15) is 26.3 Å². The minimum atomic E-state index is -1.16. The van der Waals surface area contributed by atoms with Crippen LogP contribution in [0.25, 0.3) is 0 Å². The van der Waals surface area contributed by atoms with E-state index in [9.17, 15) is 14.4 Å². The third-order valence-electron chi connectivity index (χ3n) is 3.17. The van der Waals surface area contributed by atoms with Gasteiger partial charge in [0.2, 0.25) is 0 Å². The third-order valence-corrected chi connectivity index (χ3v) is 3.79. The van der Waals surface area contributed by atoms with Gasteiger partial charge in [-0.3, -0.25) is 19.3 Å². The summed E-state index contributed by atoms with van der Waals surface area (Å²) in [6, 6.07) is 8.19. The second-order valence-corrected chi connectivity index (χ2v) is 7.30. The minimum absolute atomic E-state index is 0.0660. The van der Waals surface area contributed by atoms with Gasteiger partial charge in [0.15, 0.2) is 0 Å². The van der Waals surface area contributed by atoms with Crippen LogP contribution in [-0.4, -0.2) is 58.0 Å². The van der Waals surface area contributed by atoms with Crippen molar-refractivity contribution in [1.29, 1.82) is 0 Å². The van der Waals surface area contributed by atoms with Crippen LogP contribution in [0.4, 0.5) is 0 Å². The van der Waals surface area contributed by atoms with Crippen molar-refractivity contribution in [3.05, 3.63) is 35.9 Å². The fourth-order valence-corrected chi connectivity index (χ4v) is 2.80. The molecule has 7 nitrogen and oxygen atoms in total. The van der Waals surface area contributed by atoms with Gasteiger partial charge in [-0.2, -0.15) is 0 Å². The average molecular weight is 430 g/mol. The third kappa shape index (κ3) is 8.44. The van der Waals surface area contributed by atoms with Gasteiger partial charge in [-0.1, -0.05) is 46.3 Å². The Labute approximate surface area is 161 Å². The van der Waals surface area contributed by atoms with Gasteiger partial charge in [-0.05, 0) is 26.3 Å². The van der Waals surface area contributed by atoms with E-state index < -0.39 is 36.1 Å². The standard InChI is InChI=1S/C18H24BrNO6/c1-18(2,3)26-16(23)11-20(10-15(21)22)14(9-19)17(24)25-12-13-7-5-4-6-8-13/h4-8,14H,9-12H2,1-3H3,(H,21,22)/t14-/m0/s1. The first-order valence-electron chi connectivity index (χ1n) is 8.06. The highest BCUT2D eigenvalue weighted by molar-refractivity contribution is 9.09. The van der Waals surface area contributed by atoms with Crippen LogP contribution in [0.3, 0.4) is 0 Å². The number of aliphatic carboxylic acids is 1. The Morgan fingerprint density at radius 3 is 2.27 bits per heavy atom. The lowest BCUT2D eigenvalue weighted by molar-refractivity contribution is -0.160. The van der Waals surface area contributed by atoms with Gasteiger partial charge in [0.1, 0.15) is 18.2 Å². The molecule has 26 heavy (non-hydrogen) atoms. The predicted molar refractivity (Wildman–Crippen MR) is 98.9 cm³/mol. The van der Waals surface area contributed by atoms with Crippen molar-refractivity contribution in [2.24, 2.45) is 0 Å². The van der Waals surface area contributed by atoms with Crippen molar-refractivity contribution in [1.82, 2.24) is 4.90 Å². The summed E-state index contributed by atoms with van der Waals surface area (Å²) in [5.41, 5.74) is 0.107. The monoisotopic (exact) mass is 429 g/mol. The molecule has 0 amide bonds. The molecule has 1 aromatic rings. The van der Waals surface area contributed by atoms with E-state index in [1.165, 1.54) is 4.90 Å². The van der Waals surface area contributed by atoms with E-state index in [0.29, 0.717) is 0 Å². The highest BCUT2D eigenvalue weighted by atomic mass is 79.9. The summed E-state index contributed by atoms with van der Waals surface area (Å²) in [6.45, 7) is 4.38. The van der Waals surface area contributed by atoms with Gasteiger partial charge in [0.25, 0.3) is 0 Å². The van der Waals surface area contributed by atoms with E-state index >= 15 is 0 Å². The number of rotatable bonds is 9. The number of hydrogen-bond donors (Lipinski definition) is 1. The van der Waals surface area contributed by atoms with Gasteiger partial charge in [0.05, 0.1) is 13.1 Å². The van der Waals surface area contributed by atoms with Crippen LogP contribution < -0.4 is 0 Å². The highest BCUT2D eigenvalue weighted by Crippen LogP contribution is 2.12. The SMILES string of the molecule is CC(C)(C)OC(=O)CN(CC(=O)O)[C@@H](CBr)C(=O)OCc1ccccc1. The zero-order chi connectivity index (χ0) is 19.7. The fourth-order valence-electron chi connectivity index (χ4n) is 2.12. The van der Waals surface area contributed by atoms with Crippen molar-refractivity contribution in [3.63, 3.8) is 0 Å². The molecule has 0 radical (unpaired) electrons. The van der Waals surface area contributed by atoms with Crippen LogP contribution in [-0.2, 0) is 30.5 Å². The molecule has 8 heteroatoms. The lowest BCUT2D eigenvalue weighted by atomic mass is 10.2. The minimum Gasteiger partial charge on any atom is -0.480 e. The van der Waals surface area contributed by atoms with E-state index in [1.807, 2.05) is 30.3 Å². The largest absolute Gasteiger partial charge is 0.480 e. The summed E-state index contributed by atoms with van der Waals surface area (Å²) in [5, 5.41) is 9.22. The number of nitrogens with zero attached hydrogens (tertiary/aromatic N) is 1. The molecule has 0 aliphatic carbocycles. The van der Waals surface area contributed by atoms with Gasteiger partial charge >= 0.3 is 17.9 Å². The molecule has 0 saturated carbocycles. The van der Waals surface area contributed by atoms with Gasteiger partial charge in [-0.25, -0.2) is 0 Å². The van der Waals surface area contributed by atoms with Crippen LogP contribution >= 0.6 is 15.9 Å². The van der Waals surface area contributed by atoms with Crippen molar-refractivity contribution in [2.45, 2.75) is 39.0 Å². The Morgan fingerprint density at radius 2 is 1.77 bits per heavy atom. The number of carbonyl (C=O) groups is 3. The molecular formula is C18H24BrNO6. The Hall–Kier alpha value is -1.93. The molecule has 0 bridgehead atoms. The number of carbonyl (C=O) groups excluding carboxylic acids is 2. The first-order chi connectivity index (χ1) is 12.1. The molecule has 0 fully saturated rings. The maximum absolute atomic E-state index is 12.4. The summed E-state index contributed by atoms with van der Waals surface area (Å²) in [5.74, 6) is -2.38. The van der Waals surface area contributed by atoms with Crippen LogP contribution in [0.5, 0.6) is 0 Å². The highest BCUT2D eigenvalue weighted by Gasteiger charge is 2.31. The summed E-state index contributed by atoms with van der Waals surface area (Å²) in [4.78, 5) is 36.8. The molecule has 0 unspecified atom stereocenters. The molecule has 0 saturated heterocycles. The molecule has 0 aromatic heterocycles. The molecule has 1 rings (SSSR count). The number of ether oxygens (including phenoxy) is 2. The molecule has 1 aromatic carbocycles. The molecule has 0 aliphatic rings. The molecule has 0 aliphatic heterocycles. The smallest absolute Gasteiger partial charge is 0.324 e. The van der Waals surface area contributed by atoms with Crippen molar-refractivity contribution in [3.8, 4) is 0 Å². The Kier molecular flexibility index (Phi) is 8.74. The second-order valence-electron chi connectivity index (χ2n) is 6.65. The average Bonchev–Trinajstić information content (AvgIpc) is 2.52. The van der Waals surface area contributed by atoms with Gasteiger partial charge in [0, 0.05) is 5.33 Å². The maximum atomic E-state index is 12.4. The normalized spacial score (nSPS) is 12.5. The predicted octanol–water partition coefficient (Wildman–Crippen LogP) is 2.22.